The van der Waals surface area contributed by atoms with E-state index in [1.165, 1.54) is 6.92 Å². The van der Waals surface area contributed by atoms with Crippen molar-refractivity contribution in [2.45, 2.75) is 186 Å². The van der Waals surface area contributed by atoms with Crippen LogP contribution in [0.4, 0.5) is 0 Å². The highest BCUT2D eigenvalue weighted by atomic mass is 16.7. The van der Waals surface area contributed by atoms with E-state index in [9.17, 15) is 30.3 Å². The normalized spacial score (nSPS) is 49.0. The standard InChI is InChI=1S/C39H73NO12/c1-14-29-39(11,46)33(43)22(3)17-21(2)19-37(9,45)34(52-36-31(42)28(18-23(4)48-36)40(12)15-16-41)24(5)32(25(6)35(44)50-29)51-30-20-38(10,47-13)26(7)27(8)49-30/h21-34,36,41-43,45-46H,14-20H2,1-13H3/t21-,22+,23+,24-,25+,26-,27-,28-,29-,30-,31+,32-,33+,34+,36-,37-,38+,39+/m0/s1. The van der Waals surface area contributed by atoms with Gasteiger partial charge >= 0.3 is 5.97 Å². The molecule has 306 valence electrons. The molecule has 0 unspecified atom stereocenters. The zero-order valence-electron chi connectivity index (χ0n) is 34.2. The summed E-state index contributed by atoms with van der Waals surface area (Å²) in [7, 11) is 3.49. The van der Waals surface area contributed by atoms with Crippen molar-refractivity contribution in [1.29, 1.82) is 0 Å². The second-order valence-electron chi connectivity index (χ2n) is 17.3. The molecule has 13 heteroatoms. The minimum Gasteiger partial charge on any atom is -0.459 e. The van der Waals surface area contributed by atoms with Crippen LogP contribution in [0.2, 0.25) is 0 Å². The maximum atomic E-state index is 14.2. The van der Waals surface area contributed by atoms with Crippen molar-refractivity contribution in [1.82, 2.24) is 4.90 Å². The molecule has 0 aromatic rings. The molecule has 5 N–H and O–H groups in total. The molecule has 0 aromatic heterocycles. The average Bonchev–Trinajstić information content (AvgIpc) is 3.06. The van der Waals surface area contributed by atoms with Gasteiger partial charge in [0.05, 0.1) is 54.2 Å². The first kappa shape index (κ1) is 45.4. The number of aliphatic hydroxyl groups excluding tert-OH is 3. The summed E-state index contributed by atoms with van der Waals surface area (Å²) in [4.78, 5) is 16.0. The predicted octanol–water partition coefficient (Wildman–Crippen LogP) is 3.24. The molecule has 0 spiro atoms. The fraction of sp³-hybridized carbons (Fsp3) is 0.974. The van der Waals surface area contributed by atoms with Gasteiger partial charge in [-0.3, -0.25) is 9.69 Å². The van der Waals surface area contributed by atoms with E-state index in [1.807, 2.05) is 53.5 Å². The van der Waals surface area contributed by atoms with Gasteiger partial charge in [-0.1, -0.05) is 34.6 Å². The largest absolute Gasteiger partial charge is 0.459 e. The Morgan fingerprint density at radius 3 is 2.15 bits per heavy atom. The van der Waals surface area contributed by atoms with Gasteiger partial charge in [0.1, 0.15) is 17.8 Å². The summed E-state index contributed by atoms with van der Waals surface area (Å²) in [5.74, 6) is -2.82. The summed E-state index contributed by atoms with van der Waals surface area (Å²) in [5.41, 5.74) is -3.88. The lowest BCUT2D eigenvalue weighted by Gasteiger charge is -2.49. The van der Waals surface area contributed by atoms with Crippen molar-refractivity contribution in [3.8, 4) is 0 Å². The SMILES string of the molecule is CC[C@@H]1OC(=O)[C@H](C)[C@@H](O[C@H]2C[C@@](C)(OC)[C@@H](C)[C@H](C)O2)[C@H](C)[C@@H](O[C@@H]2O[C@H](C)C[C@H](N(C)CCO)[C@H]2O)[C@@](C)(O)C[C@@H](C)C[C@@H](C)[C@@H](O)[C@]1(C)O. The zero-order valence-corrected chi connectivity index (χ0v) is 34.2. The Hall–Kier alpha value is -0.970. The fourth-order valence-corrected chi connectivity index (χ4v) is 9.13. The van der Waals surface area contributed by atoms with E-state index >= 15 is 0 Å². The fourth-order valence-electron chi connectivity index (χ4n) is 9.13. The molecule has 3 heterocycles. The molecule has 0 amide bonds. The van der Waals surface area contributed by atoms with Gasteiger partial charge in [-0.2, -0.15) is 0 Å². The van der Waals surface area contributed by atoms with Gasteiger partial charge in [-0.25, -0.2) is 0 Å². The number of carbonyl (C=O) groups excluding carboxylic acids is 1. The number of carbonyl (C=O) groups is 1. The smallest absolute Gasteiger partial charge is 0.311 e. The number of hydrogen-bond acceptors (Lipinski definition) is 13. The molecule has 3 aliphatic heterocycles. The first-order valence-corrected chi connectivity index (χ1v) is 19.5. The van der Waals surface area contributed by atoms with E-state index in [0.29, 0.717) is 25.8 Å². The zero-order chi connectivity index (χ0) is 39.5. The number of rotatable bonds is 9. The van der Waals surface area contributed by atoms with Crippen LogP contribution in [-0.4, -0.2) is 142 Å². The van der Waals surface area contributed by atoms with Gasteiger partial charge in [0, 0.05) is 38.0 Å². The number of likely N-dealkylation sites (N-methyl/N-ethyl adjacent to an activating group) is 1. The summed E-state index contributed by atoms with van der Waals surface area (Å²) in [6.45, 7) is 20.5. The number of nitrogens with zero attached hydrogens (tertiary/aromatic N) is 1. The maximum Gasteiger partial charge on any atom is 0.311 e. The monoisotopic (exact) mass is 748 g/mol. The van der Waals surface area contributed by atoms with E-state index in [4.69, 9.17) is 28.4 Å². The third-order valence-corrected chi connectivity index (χ3v) is 12.7. The van der Waals surface area contributed by atoms with Gasteiger partial charge in [0.15, 0.2) is 12.6 Å². The molecule has 0 saturated carbocycles. The third-order valence-electron chi connectivity index (χ3n) is 12.7. The van der Waals surface area contributed by atoms with Crippen LogP contribution >= 0.6 is 0 Å². The highest BCUT2D eigenvalue weighted by molar-refractivity contribution is 5.73. The van der Waals surface area contributed by atoms with Crippen LogP contribution < -0.4 is 0 Å². The van der Waals surface area contributed by atoms with Crippen LogP contribution in [0.5, 0.6) is 0 Å². The Balaban J connectivity index is 2.15. The van der Waals surface area contributed by atoms with E-state index < -0.39 is 83.6 Å². The van der Waals surface area contributed by atoms with Crippen LogP contribution in [0.25, 0.3) is 0 Å². The second kappa shape index (κ2) is 18.3. The number of ether oxygens (including phenoxy) is 6. The molecule has 3 rings (SSSR count). The summed E-state index contributed by atoms with van der Waals surface area (Å²) >= 11 is 0. The van der Waals surface area contributed by atoms with E-state index in [1.54, 1.807) is 27.9 Å². The molecular formula is C39H73NO12. The molecule has 0 radical (unpaired) electrons. The van der Waals surface area contributed by atoms with Gasteiger partial charge < -0.3 is 54.0 Å². The van der Waals surface area contributed by atoms with Crippen LogP contribution in [0.15, 0.2) is 0 Å². The summed E-state index contributed by atoms with van der Waals surface area (Å²) in [6, 6.07) is -0.383. The van der Waals surface area contributed by atoms with E-state index in [2.05, 4.69) is 6.92 Å². The van der Waals surface area contributed by atoms with Crippen molar-refractivity contribution >= 4 is 5.97 Å². The Morgan fingerprint density at radius 1 is 0.942 bits per heavy atom. The highest BCUT2D eigenvalue weighted by Gasteiger charge is 2.52. The average molecular weight is 748 g/mol. The van der Waals surface area contributed by atoms with Crippen molar-refractivity contribution in [2.75, 3.05) is 27.3 Å². The van der Waals surface area contributed by atoms with Gasteiger partial charge in [0.2, 0.25) is 0 Å². The number of methoxy groups -OCH3 is 1. The second-order valence-corrected chi connectivity index (χ2v) is 17.3. The Labute approximate surface area is 312 Å². The van der Waals surface area contributed by atoms with Crippen molar-refractivity contribution in [3.63, 3.8) is 0 Å². The quantitative estimate of drug-likeness (QED) is 0.218. The first-order valence-electron chi connectivity index (χ1n) is 19.5. The molecule has 3 aliphatic rings. The van der Waals surface area contributed by atoms with E-state index in [-0.39, 0.29) is 49.5 Å². The first-order chi connectivity index (χ1) is 24.0. The minimum absolute atomic E-state index is 0.0460. The van der Waals surface area contributed by atoms with Gasteiger partial charge in [0.25, 0.3) is 0 Å². The molecule has 0 aromatic carbocycles. The lowest BCUT2D eigenvalue weighted by molar-refractivity contribution is -0.314. The topological polar surface area (TPSA) is 177 Å². The van der Waals surface area contributed by atoms with Gasteiger partial charge in [-0.05, 0) is 86.1 Å². The Morgan fingerprint density at radius 2 is 1.58 bits per heavy atom. The van der Waals surface area contributed by atoms with Crippen LogP contribution in [0, 0.1) is 29.6 Å². The van der Waals surface area contributed by atoms with Crippen LogP contribution in [0.3, 0.4) is 0 Å². The Bertz CT molecular complexity index is 1120. The molecule has 0 aliphatic carbocycles. The van der Waals surface area contributed by atoms with Crippen LogP contribution in [0.1, 0.15) is 108 Å². The number of hydrogen-bond donors (Lipinski definition) is 5. The predicted molar refractivity (Wildman–Crippen MR) is 195 cm³/mol. The third kappa shape index (κ3) is 10.3. The summed E-state index contributed by atoms with van der Waals surface area (Å²) in [6.07, 6.45) is -5.98. The van der Waals surface area contributed by atoms with Crippen molar-refractivity contribution in [3.05, 3.63) is 0 Å². The summed E-state index contributed by atoms with van der Waals surface area (Å²) in [5, 5.41) is 56.8. The summed E-state index contributed by atoms with van der Waals surface area (Å²) < 4.78 is 38.1. The molecule has 3 saturated heterocycles. The number of esters is 1. The Kier molecular flexibility index (Phi) is 16.0. The molecule has 18 atom stereocenters. The van der Waals surface area contributed by atoms with Gasteiger partial charge in [-0.15, -0.1) is 0 Å². The maximum absolute atomic E-state index is 14.2. The number of aliphatic hydroxyl groups is 5. The molecule has 13 nitrogen and oxygen atoms in total. The van der Waals surface area contributed by atoms with Crippen LogP contribution in [-0.2, 0) is 33.2 Å². The minimum atomic E-state index is -1.74. The van der Waals surface area contributed by atoms with Crippen molar-refractivity contribution in [2.24, 2.45) is 29.6 Å². The molecule has 0 bridgehead atoms. The highest BCUT2D eigenvalue weighted by Crippen LogP contribution is 2.42. The van der Waals surface area contributed by atoms with Crippen molar-refractivity contribution < 1.29 is 58.7 Å². The molecular weight excluding hydrogens is 674 g/mol. The molecule has 52 heavy (non-hydrogen) atoms. The lowest BCUT2D eigenvalue weighted by Crippen LogP contribution is -2.60. The number of cyclic esters (lactones) is 1. The van der Waals surface area contributed by atoms with E-state index in [0.717, 1.165) is 0 Å². The molecule has 3 fully saturated rings. The lowest BCUT2D eigenvalue weighted by atomic mass is 9.74.